The van der Waals surface area contributed by atoms with Gasteiger partial charge in [-0.25, -0.2) is 4.99 Å². The number of aliphatic hydroxyl groups is 1. The number of amides is 2. The zero-order valence-electron chi connectivity index (χ0n) is 37.7. The van der Waals surface area contributed by atoms with E-state index in [1.165, 1.54) is 0 Å². The van der Waals surface area contributed by atoms with Crippen LogP contribution in [0.3, 0.4) is 0 Å². The fourth-order valence-electron chi connectivity index (χ4n) is 11.2. The number of benzene rings is 6. The highest BCUT2D eigenvalue weighted by Crippen LogP contribution is 2.68. The van der Waals surface area contributed by atoms with Gasteiger partial charge in [0.15, 0.2) is 0 Å². The Bertz CT molecular complexity index is 3000. The van der Waals surface area contributed by atoms with Crippen molar-refractivity contribution in [3.05, 3.63) is 185 Å². The second-order valence-corrected chi connectivity index (χ2v) is 17.7. The predicted octanol–water partition coefficient (Wildman–Crippen LogP) is 7.54. The minimum absolute atomic E-state index is 0.0653. The normalized spacial score (nSPS) is 23.7. The maximum Gasteiger partial charge on any atom is 0.324 e. The molecule has 5 aliphatic heterocycles. The lowest BCUT2D eigenvalue weighted by Gasteiger charge is -2.47. The summed E-state index contributed by atoms with van der Waals surface area (Å²) in [6.07, 6.45) is -0.729. The summed E-state index contributed by atoms with van der Waals surface area (Å²) >= 11 is 0. The number of amidine groups is 1. The number of hydrogen-bond donors (Lipinski definition) is 1. The Labute approximate surface area is 395 Å². The predicted molar refractivity (Wildman–Crippen MR) is 258 cm³/mol. The first-order valence-electron chi connectivity index (χ1n) is 23.0. The highest BCUT2D eigenvalue weighted by Gasteiger charge is 2.77. The van der Waals surface area contributed by atoms with Gasteiger partial charge in [-0.05, 0) is 101 Å². The standard InChI is InChI=1S/C56H49N5O7/c1-36(63)58-28-30-59(31-29-58)42-21-23-43(24-22-42)60-53(64)48-50-54(65)68-51(40-12-7-4-8-13-40)49(39-10-5-3-6-11-39)61(50)52(41-14-9-15-45(35-41)67-33-32-62)56(48)46-34-38(20-27-47(46)57-55(56)60)17-16-37-18-25-44(66-2)26-19-37/h3-15,18-27,34-35,48-52,62H,28-33H2,1-2H3/t48-,49-,50-,51+,52+,56-/m1/s1. The van der Waals surface area contributed by atoms with Gasteiger partial charge in [-0.2, -0.15) is 0 Å². The van der Waals surface area contributed by atoms with E-state index in [1.54, 1.807) is 18.9 Å². The van der Waals surface area contributed by atoms with Crippen LogP contribution in [0.4, 0.5) is 17.1 Å². The number of anilines is 2. The summed E-state index contributed by atoms with van der Waals surface area (Å²) in [5.74, 6) is 6.81. The van der Waals surface area contributed by atoms with E-state index in [-0.39, 0.29) is 25.0 Å². The average Bonchev–Trinajstić information content (AvgIpc) is 3.96. The van der Waals surface area contributed by atoms with Crippen LogP contribution in [0.5, 0.6) is 11.5 Å². The Morgan fingerprint density at radius 1 is 0.735 bits per heavy atom. The van der Waals surface area contributed by atoms with Gasteiger partial charge in [-0.1, -0.05) is 84.6 Å². The number of aliphatic imine (C=N–C) groups is 1. The van der Waals surface area contributed by atoms with Crippen molar-refractivity contribution in [2.24, 2.45) is 10.9 Å². The lowest BCUT2D eigenvalue weighted by molar-refractivity contribution is -0.178. The van der Waals surface area contributed by atoms with Crippen LogP contribution >= 0.6 is 0 Å². The fraction of sp³-hybridized carbons (Fsp3) is 0.250. The van der Waals surface area contributed by atoms with Crippen molar-refractivity contribution in [2.45, 2.75) is 36.6 Å². The van der Waals surface area contributed by atoms with Gasteiger partial charge in [-0.15, -0.1) is 0 Å². The summed E-state index contributed by atoms with van der Waals surface area (Å²) in [4.78, 5) is 56.9. The minimum Gasteiger partial charge on any atom is -0.497 e. The minimum atomic E-state index is -1.25. The molecule has 4 fully saturated rings. The molecule has 340 valence electrons. The molecule has 68 heavy (non-hydrogen) atoms. The third-order valence-corrected chi connectivity index (χ3v) is 14.1. The van der Waals surface area contributed by atoms with Crippen LogP contribution in [0, 0.1) is 17.8 Å². The van der Waals surface area contributed by atoms with E-state index in [4.69, 9.17) is 19.2 Å². The Morgan fingerprint density at radius 2 is 1.40 bits per heavy atom. The van der Waals surface area contributed by atoms with Crippen LogP contribution in [0.25, 0.3) is 0 Å². The number of rotatable bonds is 9. The molecule has 12 nitrogen and oxygen atoms in total. The molecule has 2 amide bonds. The van der Waals surface area contributed by atoms with E-state index in [0.717, 1.165) is 44.8 Å². The number of morpholine rings is 1. The van der Waals surface area contributed by atoms with E-state index < -0.39 is 41.5 Å². The summed E-state index contributed by atoms with van der Waals surface area (Å²) in [7, 11) is 1.63. The zero-order valence-corrected chi connectivity index (χ0v) is 37.7. The van der Waals surface area contributed by atoms with E-state index in [0.29, 0.717) is 49.1 Å². The SMILES string of the molecule is COc1ccc(C#Cc2ccc3c(c2)[C@@]24C(=N3)N(c3ccc(N5CCN(C(C)=O)CC5)cc3)C(=O)[C@H]2[C@@H]2C(=O)O[C@@H](c3ccccc3)[C@@H](c3ccccc3)N2[C@H]4c2cccc(OCCO)c2)cc1. The van der Waals surface area contributed by atoms with Gasteiger partial charge in [0.25, 0.3) is 0 Å². The largest absolute Gasteiger partial charge is 0.497 e. The first-order valence-corrected chi connectivity index (χ1v) is 23.0. The van der Waals surface area contributed by atoms with Crippen molar-refractivity contribution >= 4 is 40.7 Å². The molecule has 0 aliphatic carbocycles. The average molecular weight is 904 g/mol. The second kappa shape index (κ2) is 17.5. The number of ether oxygens (including phenoxy) is 3. The van der Waals surface area contributed by atoms with Gasteiger partial charge < -0.3 is 29.1 Å². The van der Waals surface area contributed by atoms with Crippen LogP contribution in [0.2, 0.25) is 0 Å². The van der Waals surface area contributed by atoms with Gasteiger partial charge in [0, 0.05) is 49.9 Å². The van der Waals surface area contributed by atoms with Crippen molar-refractivity contribution in [1.82, 2.24) is 9.80 Å². The summed E-state index contributed by atoms with van der Waals surface area (Å²) in [6.45, 7) is 4.15. The number of esters is 1. The molecule has 6 atom stereocenters. The highest BCUT2D eigenvalue weighted by molar-refractivity contribution is 6.32. The third-order valence-electron chi connectivity index (χ3n) is 14.1. The molecule has 5 heterocycles. The topological polar surface area (TPSA) is 124 Å². The smallest absolute Gasteiger partial charge is 0.324 e. The van der Waals surface area contributed by atoms with Crippen LogP contribution in [-0.2, 0) is 24.5 Å². The van der Waals surface area contributed by atoms with Crippen molar-refractivity contribution in [3.8, 4) is 23.3 Å². The molecule has 12 heteroatoms. The Kier molecular flexibility index (Phi) is 11.0. The molecule has 4 saturated heterocycles. The van der Waals surface area contributed by atoms with E-state index in [2.05, 4.69) is 33.8 Å². The van der Waals surface area contributed by atoms with Crippen LogP contribution in [0.15, 0.2) is 157 Å². The summed E-state index contributed by atoms with van der Waals surface area (Å²) in [5.41, 5.74) is 5.90. The third kappa shape index (κ3) is 7.09. The number of fused-ring (bicyclic) bond motifs is 3. The first-order chi connectivity index (χ1) is 33.3. The van der Waals surface area contributed by atoms with Gasteiger partial charge in [0.1, 0.15) is 36.1 Å². The molecule has 0 bridgehead atoms. The number of nitrogens with zero attached hydrogens (tertiary/aromatic N) is 5. The molecule has 5 aliphatic rings. The van der Waals surface area contributed by atoms with Crippen molar-refractivity contribution in [2.75, 3.05) is 56.3 Å². The fourth-order valence-corrected chi connectivity index (χ4v) is 11.2. The number of carbonyl (C=O) groups is 3. The maximum atomic E-state index is 16.0. The monoisotopic (exact) mass is 903 g/mol. The molecule has 11 rings (SSSR count). The lowest BCUT2D eigenvalue weighted by Crippen LogP contribution is -2.53. The van der Waals surface area contributed by atoms with E-state index in [9.17, 15) is 9.90 Å². The summed E-state index contributed by atoms with van der Waals surface area (Å²) in [5, 5.41) is 9.82. The molecule has 0 saturated carbocycles. The number of methoxy groups -OCH3 is 1. The molecule has 0 radical (unpaired) electrons. The summed E-state index contributed by atoms with van der Waals surface area (Å²) in [6, 6.07) is 46.8. The molecular formula is C56H49N5O7. The number of carbonyl (C=O) groups excluding carboxylic acids is 3. The van der Waals surface area contributed by atoms with Crippen LogP contribution < -0.4 is 19.3 Å². The lowest BCUT2D eigenvalue weighted by atomic mass is 9.66. The van der Waals surface area contributed by atoms with Crippen molar-refractivity contribution in [3.63, 3.8) is 0 Å². The molecular weight excluding hydrogens is 855 g/mol. The number of hydrogen-bond acceptors (Lipinski definition) is 10. The van der Waals surface area contributed by atoms with Crippen molar-refractivity contribution < 1.29 is 33.7 Å². The molecule has 6 aromatic carbocycles. The van der Waals surface area contributed by atoms with Crippen LogP contribution in [0.1, 0.15) is 58.5 Å². The van der Waals surface area contributed by atoms with E-state index in [1.807, 2.05) is 144 Å². The van der Waals surface area contributed by atoms with Crippen LogP contribution in [-0.4, -0.2) is 91.1 Å². The Hall–Kier alpha value is -7.72. The number of piperazine rings is 1. The van der Waals surface area contributed by atoms with Crippen molar-refractivity contribution in [1.29, 1.82) is 0 Å². The first kappa shape index (κ1) is 42.9. The zero-order chi connectivity index (χ0) is 46.5. The Balaban J connectivity index is 1.12. The van der Waals surface area contributed by atoms with Gasteiger partial charge >= 0.3 is 5.97 Å². The molecule has 0 aromatic heterocycles. The quantitative estimate of drug-likeness (QED) is 0.116. The summed E-state index contributed by atoms with van der Waals surface area (Å²) < 4.78 is 18.1. The van der Waals surface area contributed by atoms with E-state index >= 15 is 9.59 Å². The highest BCUT2D eigenvalue weighted by atomic mass is 16.6. The molecule has 6 aromatic rings. The molecule has 1 N–H and O–H groups in total. The van der Waals surface area contributed by atoms with Gasteiger partial charge in [-0.3, -0.25) is 24.2 Å². The molecule has 0 unspecified atom stereocenters. The molecule has 1 spiro atoms. The maximum absolute atomic E-state index is 16.0. The number of aliphatic hydroxyl groups excluding tert-OH is 1. The Morgan fingerprint density at radius 3 is 2.09 bits per heavy atom. The van der Waals surface area contributed by atoms with Gasteiger partial charge in [0.2, 0.25) is 11.8 Å². The number of cyclic esters (lactones) is 1. The van der Waals surface area contributed by atoms with Gasteiger partial charge in [0.05, 0.1) is 48.5 Å². The second-order valence-electron chi connectivity index (χ2n) is 17.7.